The van der Waals surface area contributed by atoms with Crippen LogP contribution in [0.5, 0.6) is 5.75 Å². The number of amides is 1. The molecule has 1 amide bonds. The fourth-order valence-electron chi connectivity index (χ4n) is 1.68. The Bertz CT molecular complexity index is 660. The Hall–Kier alpha value is -2.63. The molecule has 20 heavy (non-hydrogen) atoms. The largest absolute Gasteiger partial charge is 0.494 e. The van der Waals surface area contributed by atoms with Gasteiger partial charge in [-0.2, -0.15) is 0 Å². The van der Waals surface area contributed by atoms with Crippen LogP contribution in [0.15, 0.2) is 36.4 Å². The van der Waals surface area contributed by atoms with E-state index in [9.17, 15) is 13.6 Å². The van der Waals surface area contributed by atoms with Gasteiger partial charge in [-0.1, -0.05) is 6.07 Å². The Labute approximate surface area is 114 Å². The van der Waals surface area contributed by atoms with Crippen LogP contribution in [0.25, 0.3) is 0 Å². The summed E-state index contributed by atoms with van der Waals surface area (Å²) in [5.74, 6) is -1.85. The standard InChI is InChI=1S/C14H12F2N2O2/c1-20-12-6-5-8(7-11(12)16)18-14(19)9-3-2-4-10(15)13(9)17/h2-7H,17H2,1H3,(H,18,19). The summed E-state index contributed by atoms with van der Waals surface area (Å²) < 4.78 is 31.5. The Balaban J connectivity index is 2.24. The smallest absolute Gasteiger partial charge is 0.257 e. The number of hydrogen-bond donors (Lipinski definition) is 2. The zero-order valence-corrected chi connectivity index (χ0v) is 10.6. The van der Waals surface area contributed by atoms with Crippen molar-refractivity contribution >= 4 is 17.3 Å². The molecule has 0 aliphatic heterocycles. The molecule has 0 saturated heterocycles. The molecule has 0 atom stereocenters. The third kappa shape index (κ3) is 2.69. The van der Waals surface area contributed by atoms with Crippen LogP contribution in [0.1, 0.15) is 10.4 Å². The number of hydrogen-bond acceptors (Lipinski definition) is 3. The lowest BCUT2D eigenvalue weighted by Crippen LogP contribution is -2.15. The van der Waals surface area contributed by atoms with Gasteiger partial charge in [0.2, 0.25) is 0 Å². The second kappa shape index (κ2) is 5.56. The van der Waals surface area contributed by atoms with Crippen LogP contribution >= 0.6 is 0 Å². The van der Waals surface area contributed by atoms with Crippen LogP contribution in [-0.2, 0) is 0 Å². The highest BCUT2D eigenvalue weighted by Crippen LogP contribution is 2.22. The van der Waals surface area contributed by atoms with Gasteiger partial charge in [0.25, 0.3) is 5.91 Å². The number of methoxy groups -OCH3 is 1. The number of ether oxygens (including phenoxy) is 1. The molecule has 0 heterocycles. The van der Waals surface area contributed by atoms with Crippen LogP contribution in [0.3, 0.4) is 0 Å². The molecule has 4 nitrogen and oxygen atoms in total. The quantitative estimate of drug-likeness (QED) is 0.848. The molecule has 0 aliphatic carbocycles. The lowest BCUT2D eigenvalue weighted by atomic mass is 10.1. The minimum absolute atomic E-state index is 0.0128. The molecule has 2 aromatic rings. The molecule has 0 bridgehead atoms. The number of carbonyl (C=O) groups excluding carboxylic acids is 1. The summed E-state index contributed by atoms with van der Waals surface area (Å²) in [4.78, 5) is 11.9. The molecule has 2 rings (SSSR count). The number of rotatable bonds is 3. The van der Waals surface area contributed by atoms with E-state index in [4.69, 9.17) is 10.5 Å². The maximum absolute atomic E-state index is 13.5. The number of benzene rings is 2. The van der Waals surface area contributed by atoms with Crippen LogP contribution in [0.4, 0.5) is 20.2 Å². The molecule has 0 radical (unpaired) electrons. The molecule has 104 valence electrons. The van der Waals surface area contributed by atoms with Crippen molar-refractivity contribution in [3.8, 4) is 5.75 Å². The van der Waals surface area contributed by atoms with Gasteiger partial charge in [0, 0.05) is 11.8 Å². The van der Waals surface area contributed by atoms with Gasteiger partial charge in [-0.3, -0.25) is 4.79 Å². The van der Waals surface area contributed by atoms with E-state index in [1.807, 2.05) is 0 Å². The summed E-state index contributed by atoms with van der Waals surface area (Å²) in [5.41, 5.74) is 5.44. The molecular weight excluding hydrogens is 266 g/mol. The fraction of sp³-hybridized carbons (Fsp3) is 0.0714. The number of nitrogens with two attached hydrogens (primary N) is 1. The number of nitrogen functional groups attached to an aromatic ring is 1. The second-order valence-corrected chi connectivity index (χ2v) is 4.00. The van der Waals surface area contributed by atoms with Gasteiger partial charge in [0.05, 0.1) is 18.4 Å². The number of para-hydroxylation sites is 1. The van der Waals surface area contributed by atoms with E-state index in [2.05, 4.69) is 5.32 Å². The minimum atomic E-state index is -0.682. The zero-order chi connectivity index (χ0) is 14.7. The van der Waals surface area contributed by atoms with Crippen LogP contribution in [-0.4, -0.2) is 13.0 Å². The van der Waals surface area contributed by atoms with E-state index in [0.717, 1.165) is 12.1 Å². The monoisotopic (exact) mass is 278 g/mol. The Morgan fingerprint density at radius 1 is 1.20 bits per heavy atom. The lowest BCUT2D eigenvalue weighted by Gasteiger charge is -2.09. The first-order valence-corrected chi connectivity index (χ1v) is 5.72. The topological polar surface area (TPSA) is 64.3 Å². The third-order valence-corrected chi connectivity index (χ3v) is 2.71. The maximum Gasteiger partial charge on any atom is 0.257 e. The van der Waals surface area contributed by atoms with Crippen LogP contribution in [0, 0.1) is 11.6 Å². The van der Waals surface area contributed by atoms with Crippen molar-refractivity contribution < 1.29 is 18.3 Å². The first-order valence-electron chi connectivity index (χ1n) is 5.72. The average Bonchev–Trinajstić information content (AvgIpc) is 2.42. The van der Waals surface area contributed by atoms with Crippen molar-refractivity contribution in [3.63, 3.8) is 0 Å². The molecule has 0 spiro atoms. The molecule has 0 aromatic heterocycles. The summed E-state index contributed by atoms with van der Waals surface area (Å²) in [7, 11) is 1.34. The van der Waals surface area contributed by atoms with Crippen molar-refractivity contribution in [1.82, 2.24) is 0 Å². The first kappa shape index (κ1) is 13.8. The molecule has 0 saturated carbocycles. The van der Waals surface area contributed by atoms with Crippen molar-refractivity contribution in [2.45, 2.75) is 0 Å². The van der Waals surface area contributed by atoms with Gasteiger partial charge in [-0.05, 0) is 24.3 Å². The van der Waals surface area contributed by atoms with E-state index < -0.39 is 17.5 Å². The summed E-state index contributed by atoms with van der Waals surface area (Å²) in [6.07, 6.45) is 0. The number of carbonyl (C=O) groups is 1. The minimum Gasteiger partial charge on any atom is -0.494 e. The number of nitrogens with one attached hydrogen (secondary N) is 1. The van der Waals surface area contributed by atoms with Gasteiger partial charge >= 0.3 is 0 Å². The molecule has 0 fully saturated rings. The van der Waals surface area contributed by atoms with E-state index in [1.54, 1.807) is 0 Å². The summed E-state index contributed by atoms with van der Waals surface area (Å²) in [5, 5.41) is 2.44. The highest BCUT2D eigenvalue weighted by atomic mass is 19.1. The molecule has 3 N–H and O–H groups in total. The third-order valence-electron chi connectivity index (χ3n) is 2.71. The van der Waals surface area contributed by atoms with Gasteiger partial charge in [-0.15, -0.1) is 0 Å². The lowest BCUT2D eigenvalue weighted by molar-refractivity contribution is 0.102. The molecule has 0 unspecified atom stereocenters. The van der Waals surface area contributed by atoms with Gasteiger partial charge in [0.1, 0.15) is 5.82 Å². The predicted octanol–water partition coefficient (Wildman–Crippen LogP) is 2.81. The Morgan fingerprint density at radius 2 is 1.95 bits per heavy atom. The Kier molecular flexibility index (Phi) is 3.84. The second-order valence-electron chi connectivity index (χ2n) is 4.00. The van der Waals surface area contributed by atoms with Crippen LogP contribution in [0.2, 0.25) is 0 Å². The van der Waals surface area contributed by atoms with Crippen molar-refractivity contribution in [3.05, 3.63) is 53.6 Å². The van der Waals surface area contributed by atoms with E-state index in [1.165, 1.54) is 31.4 Å². The molecule has 2 aromatic carbocycles. The first-order chi connectivity index (χ1) is 9.52. The summed E-state index contributed by atoms with van der Waals surface area (Å²) in [6, 6.07) is 7.85. The highest BCUT2D eigenvalue weighted by Gasteiger charge is 2.13. The van der Waals surface area contributed by atoms with Crippen molar-refractivity contribution in [1.29, 1.82) is 0 Å². The van der Waals surface area contributed by atoms with Crippen LogP contribution < -0.4 is 15.8 Å². The summed E-state index contributed by atoms with van der Waals surface area (Å²) in [6.45, 7) is 0. The predicted molar refractivity (Wildman–Crippen MR) is 71.7 cm³/mol. The van der Waals surface area contributed by atoms with Gasteiger partial charge < -0.3 is 15.8 Å². The number of anilines is 2. The molecule has 0 aliphatic rings. The van der Waals surface area contributed by atoms with Crippen molar-refractivity contribution in [2.75, 3.05) is 18.2 Å². The van der Waals surface area contributed by atoms with E-state index >= 15 is 0 Å². The van der Waals surface area contributed by atoms with E-state index in [0.29, 0.717) is 0 Å². The average molecular weight is 278 g/mol. The molecule has 6 heteroatoms. The van der Waals surface area contributed by atoms with Crippen molar-refractivity contribution in [2.24, 2.45) is 0 Å². The summed E-state index contributed by atoms with van der Waals surface area (Å²) >= 11 is 0. The SMILES string of the molecule is COc1ccc(NC(=O)c2cccc(F)c2N)cc1F. The maximum atomic E-state index is 13.5. The van der Waals surface area contributed by atoms with E-state index in [-0.39, 0.29) is 22.7 Å². The molecular formula is C14H12F2N2O2. The fourth-order valence-corrected chi connectivity index (χ4v) is 1.68. The Morgan fingerprint density at radius 3 is 2.60 bits per heavy atom. The highest BCUT2D eigenvalue weighted by molar-refractivity contribution is 6.07. The zero-order valence-electron chi connectivity index (χ0n) is 10.6. The number of halogens is 2. The van der Waals surface area contributed by atoms with Gasteiger partial charge in [-0.25, -0.2) is 8.78 Å². The van der Waals surface area contributed by atoms with Gasteiger partial charge in [0.15, 0.2) is 11.6 Å². The normalized spacial score (nSPS) is 10.2.